The highest BCUT2D eigenvalue weighted by atomic mass is 35.5. The van der Waals surface area contributed by atoms with E-state index >= 15 is 0 Å². The Bertz CT molecular complexity index is 578. The molecule has 0 N–H and O–H groups in total. The predicted molar refractivity (Wildman–Crippen MR) is 75.7 cm³/mol. The van der Waals surface area contributed by atoms with Gasteiger partial charge in [-0.25, -0.2) is 0 Å². The van der Waals surface area contributed by atoms with Crippen LogP contribution in [0.3, 0.4) is 0 Å². The van der Waals surface area contributed by atoms with Gasteiger partial charge < -0.3 is 13.9 Å². The first kappa shape index (κ1) is 14.1. The van der Waals surface area contributed by atoms with Crippen molar-refractivity contribution in [2.24, 2.45) is 0 Å². The van der Waals surface area contributed by atoms with Crippen molar-refractivity contribution < 1.29 is 13.9 Å². The van der Waals surface area contributed by atoms with Crippen LogP contribution in [-0.4, -0.2) is 14.2 Å². The van der Waals surface area contributed by atoms with Crippen LogP contribution < -0.4 is 9.47 Å². The number of methoxy groups -OCH3 is 2. The summed E-state index contributed by atoms with van der Waals surface area (Å²) in [6.45, 7) is 1.86. The van der Waals surface area contributed by atoms with Gasteiger partial charge in [0.2, 0.25) is 0 Å². The third-order valence-electron chi connectivity index (χ3n) is 2.96. The molecule has 0 bridgehead atoms. The molecule has 0 aliphatic heterocycles. The van der Waals surface area contributed by atoms with E-state index in [1.807, 2.05) is 19.1 Å². The Labute approximate surface area is 122 Å². The molecule has 1 atom stereocenters. The molecule has 0 aliphatic carbocycles. The van der Waals surface area contributed by atoms with Gasteiger partial charge in [0.1, 0.15) is 22.3 Å². The molecule has 5 heteroatoms. The molecule has 1 unspecified atom stereocenters. The average Bonchev–Trinajstić information content (AvgIpc) is 2.83. The Morgan fingerprint density at radius 3 is 2.37 bits per heavy atom. The third kappa shape index (κ3) is 2.53. The standard InChI is InChI=1S/C14H14Cl2O3/c1-8-9(6-7-19-8)12(15)10-4-5-11(17-2)13(16)14(10)18-3/h4-7,12H,1-3H3. The summed E-state index contributed by atoms with van der Waals surface area (Å²) < 4.78 is 15.8. The van der Waals surface area contributed by atoms with Crippen molar-refractivity contribution in [2.75, 3.05) is 14.2 Å². The van der Waals surface area contributed by atoms with Gasteiger partial charge in [-0.05, 0) is 25.1 Å². The molecule has 102 valence electrons. The van der Waals surface area contributed by atoms with Gasteiger partial charge in [-0.2, -0.15) is 0 Å². The lowest BCUT2D eigenvalue weighted by Gasteiger charge is -2.16. The van der Waals surface area contributed by atoms with Crippen LogP contribution in [0.2, 0.25) is 5.02 Å². The van der Waals surface area contributed by atoms with Crippen LogP contribution >= 0.6 is 23.2 Å². The zero-order chi connectivity index (χ0) is 14.0. The molecule has 0 saturated heterocycles. The quantitative estimate of drug-likeness (QED) is 0.774. The van der Waals surface area contributed by atoms with E-state index in [4.69, 9.17) is 37.1 Å². The molecule has 2 rings (SSSR count). The van der Waals surface area contributed by atoms with E-state index in [-0.39, 0.29) is 0 Å². The Balaban J connectivity index is 2.51. The number of halogens is 2. The number of hydrogen-bond acceptors (Lipinski definition) is 3. The zero-order valence-electron chi connectivity index (χ0n) is 10.9. The fourth-order valence-electron chi connectivity index (χ4n) is 1.94. The molecule has 0 amide bonds. The second kappa shape index (κ2) is 5.76. The van der Waals surface area contributed by atoms with Gasteiger partial charge in [0, 0.05) is 11.1 Å². The maximum absolute atomic E-state index is 6.49. The highest BCUT2D eigenvalue weighted by molar-refractivity contribution is 6.34. The smallest absolute Gasteiger partial charge is 0.146 e. The third-order valence-corrected chi connectivity index (χ3v) is 3.79. The molecule has 0 radical (unpaired) electrons. The van der Waals surface area contributed by atoms with Gasteiger partial charge in [0.25, 0.3) is 0 Å². The molecule has 3 nitrogen and oxygen atoms in total. The van der Waals surface area contributed by atoms with Gasteiger partial charge in [0.15, 0.2) is 0 Å². The lowest BCUT2D eigenvalue weighted by atomic mass is 10.0. The summed E-state index contributed by atoms with van der Waals surface area (Å²) in [5.41, 5.74) is 1.67. The van der Waals surface area contributed by atoms with Gasteiger partial charge >= 0.3 is 0 Å². The van der Waals surface area contributed by atoms with Gasteiger partial charge in [-0.1, -0.05) is 11.6 Å². The average molecular weight is 301 g/mol. The number of hydrogen-bond donors (Lipinski definition) is 0. The molecular weight excluding hydrogens is 287 g/mol. The Hall–Kier alpha value is -1.32. The van der Waals surface area contributed by atoms with Crippen molar-refractivity contribution in [3.63, 3.8) is 0 Å². The summed E-state index contributed by atoms with van der Waals surface area (Å²) in [4.78, 5) is 0. The summed E-state index contributed by atoms with van der Waals surface area (Å²) in [6.07, 6.45) is 1.61. The van der Waals surface area contributed by atoms with Crippen LogP contribution in [0, 0.1) is 6.92 Å². The highest BCUT2D eigenvalue weighted by Gasteiger charge is 2.22. The van der Waals surface area contributed by atoms with Crippen LogP contribution in [0.5, 0.6) is 11.5 Å². The molecule has 0 aliphatic rings. The molecule has 1 aromatic carbocycles. The second-order valence-electron chi connectivity index (χ2n) is 4.00. The van der Waals surface area contributed by atoms with E-state index in [0.29, 0.717) is 16.5 Å². The minimum atomic E-state index is -0.392. The Kier molecular flexibility index (Phi) is 4.27. The van der Waals surface area contributed by atoms with Crippen LogP contribution in [0.25, 0.3) is 0 Å². The van der Waals surface area contributed by atoms with Crippen LogP contribution in [0.15, 0.2) is 28.9 Å². The molecule has 1 heterocycles. The summed E-state index contributed by atoms with van der Waals surface area (Å²) in [7, 11) is 3.11. The number of rotatable bonds is 4. The Morgan fingerprint density at radius 1 is 1.11 bits per heavy atom. The molecular formula is C14H14Cl2O3. The summed E-state index contributed by atoms with van der Waals surface area (Å²) in [6, 6.07) is 5.45. The van der Waals surface area contributed by atoms with E-state index in [1.54, 1.807) is 26.5 Å². The van der Waals surface area contributed by atoms with Crippen molar-refractivity contribution in [2.45, 2.75) is 12.3 Å². The normalized spacial score (nSPS) is 12.3. The lowest BCUT2D eigenvalue weighted by molar-refractivity contribution is 0.391. The van der Waals surface area contributed by atoms with Crippen molar-refractivity contribution in [1.29, 1.82) is 0 Å². The van der Waals surface area contributed by atoms with E-state index in [0.717, 1.165) is 16.9 Å². The van der Waals surface area contributed by atoms with Gasteiger partial charge in [0.05, 0.1) is 25.9 Å². The molecule has 1 aromatic heterocycles. The second-order valence-corrected chi connectivity index (χ2v) is 4.81. The molecule has 2 aromatic rings. The van der Waals surface area contributed by atoms with E-state index in [2.05, 4.69) is 0 Å². The van der Waals surface area contributed by atoms with Crippen molar-refractivity contribution in [3.05, 3.63) is 46.4 Å². The van der Waals surface area contributed by atoms with Crippen LogP contribution in [-0.2, 0) is 0 Å². The molecule has 0 spiro atoms. The van der Waals surface area contributed by atoms with Crippen molar-refractivity contribution >= 4 is 23.2 Å². The highest BCUT2D eigenvalue weighted by Crippen LogP contribution is 2.43. The summed E-state index contributed by atoms with van der Waals surface area (Å²) in [5, 5.41) is 0.0198. The van der Waals surface area contributed by atoms with Gasteiger partial charge in [-0.3, -0.25) is 0 Å². The molecule has 19 heavy (non-hydrogen) atoms. The molecule has 0 saturated carbocycles. The first-order valence-corrected chi connectivity index (χ1v) is 6.50. The number of furan rings is 1. The van der Waals surface area contributed by atoms with E-state index in [1.165, 1.54) is 0 Å². The fourth-order valence-corrected chi connectivity index (χ4v) is 2.67. The lowest BCUT2D eigenvalue weighted by Crippen LogP contribution is -1.99. The number of aryl methyl sites for hydroxylation is 1. The number of alkyl halides is 1. The SMILES string of the molecule is COc1ccc(C(Cl)c2ccoc2C)c(OC)c1Cl. The maximum Gasteiger partial charge on any atom is 0.146 e. The molecule has 0 fully saturated rings. The van der Waals surface area contributed by atoms with Crippen LogP contribution in [0.1, 0.15) is 22.3 Å². The largest absolute Gasteiger partial charge is 0.495 e. The minimum Gasteiger partial charge on any atom is -0.495 e. The van der Waals surface area contributed by atoms with Crippen LogP contribution in [0.4, 0.5) is 0 Å². The topological polar surface area (TPSA) is 31.6 Å². The zero-order valence-corrected chi connectivity index (χ0v) is 12.4. The minimum absolute atomic E-state index is 0.392. The summed E-state index contributed by atoms with van der Waals surface area (Å²) in [5.74, 6) is 1.84. The van der Waals surface area contributed by atoms with E-state index in [9.17, 15) is 0 Å². The monoisotopic (exact) mass is 300 g/mol. The van der Waals surface area contributed by atoms with Crippen molar-refractivity contribution in [3.8, 4) is 11.5 Å². The number of benzene rings is 1. The van der Waals surface area contributed by atoms with Gasteiger partial charge in [-0.15, -0.1) is 11.6 Å². The summed E-state index contributed by atoms with van der Waals surface area (Å²) >= 11 is 12.7. The first-order chi connectivity index (χ1) is 9.10. The maximum atomic E-state index is 6.49. The van der Waals surface area contributed by atoms with E-state index < -0.39 is 5.38 Å². The Morgan fingerprint density at radius 2 is 1.84 bits per heavy atom. The number of ether oxygens (including phenoxy) is 2. The fraction of sp³-hybridized carbons (Fsp3) is 0.286. The predicted octanol–water partition coefficient (Wildman–Crippen LogP) is 4.59. The van der Waals surface area contributed by atoms with Crippen molar-refractivity contribution in [1.82, 2.24) is 0 Å². The first-order valence-electron chi connectivity index (χ1n) is 5.68.